The molecular weight excluding hydrogens is 256 g/mol. The van der Waals surface area contributed by atoms with Gasteiger partial charge in [0, 0.05) is 17.2 Å². The Morgan fingerprint density at radius 1 is 1.26 bits per heavy atom. The zero-order chi connectivity index (χ0) is 14.3. The molecular formula is C15H22N2OS. The minimum Gasteiger partial charge on any atom is -0.389 e. The molecule has 3 N–H and O–H groups in total. The fourth-order valence-electron chi connectivity index (χ4n) is 1.87. The lowest BCUT2D eigenvalue weighted by Gasteiger charge is -2.13. The van der Waals surface area contributed by atoms with Crippen molar-refractivity contribution in [2.24, 2.45) is 5.73 Å². The number of amides is 1. The standard InChI is InChI=1S/C15H22N2OS/c1-3-4-5-6-11(2)17-15(18)13-9-7-12(8-10-13)14(16)19/h7-11H,3-6H2,1-2H3,(H2,16,19)(H,17,18). The summed E-state index contributed by atoms with van der Waals surface area (Å²) in [5, 5.41) is 3.00. The first-order chi connectivity index (χ1) is 9.04. The maximum atomic E-state index is 12.0. The molecule has 0 aliphatic heterocycles. The highest BCUT2D eigenvalue weighted by Crippen LogP contribution is 2.07. The quantitative estimate of drug-likeness (QED) is 0.595. The van der Waals surface area contributed by atoms with Crippen molar-refractivity contribution in [1.29, 1.82) is 0 Å². The first kappa shape index (κ1) is 15.6. The summed E-state index contributed by atoms with van der Waals surface area (Å²) in [6, 6.07) is 7.26. The van der Waals surface area contributed by atoms with Gasteiger partial charge in [-0.15, -0.1) is 0 Å². The number of rotatable bonds is 7. The first-order valence-corrected chi connectivity index (χ1v) is 7.16. The highest BCUT2D eigenvalue weighted by atomic mass is 32.1. The molecule has 19 heavy (non-hydrogen) atoms. The average molecular weight is 278 g/mol. The van der Waals surface area contributed by atoms with Crippen LogP contribution in [0, 0.1) is 0 Å². The van der Waals surface area contributed by atoms with Crippen molar-refractivity contribution in [2.45, 2.75) is 45.6 Å². The molecule has 1 atom stereocenters. The predicted octanol–water partition coefficient (Wildman–Crippen LogP) is 3.02. The summed E-state index contributed by atoms with van der Waals surface area (Å²) in [6.07, 6.45) is 4.58. The number of unbranched alkanes of at least 4 members (excludes halogenated alkanes) is 2. The van der Waals surface area contributed by atoms with Crippen LogP contribution < -0.4 is 11.1 Å². The summed E-state index contributed by atoms with van der Waals surface area (Å²) in [4.78, 5) is 12.3. The number of hydrogen-bond acceptors (Lipinski definition) is 2. The Kier molecular flexibility index (Phi) is 6.50. The molecule has 4 heteroatoms. The van der Waals surface area contributed by atoms with Crippen LogP contribution in [0.25, 0.3) is 0 Å². The van der Waals surface area contributed by atoms with Crippen molar-refractivity contribution in [2.75, 3.05) is 0 Å². The molecule has 0 radical (unpaired) electrons. The summed E-state index contributed by atoms with van der Waals surface area (Å²) >= 11 is 4.88. The summed E-state index contributed by atoms with van der Waals surface area (Å²) < 4.78 is 0. The van der Waals surface area contributed by atoms with Crippen molar-refractivity contribution in [1.82, 2.24) is 5.32 Å². The van der Waals surface area contributed by atoms with Gasteiger partial charge in [-0.3, -0.25) is 4.79 Å². The smallest absolute Gasteiger partial charge is 0.251 e. The van der Waals surface area contributed by atoms with Crippen molar-refractivity contribution >= 4 is 23.1 Å². The maximum absolute atomic E-state index is 12.0. The second kappa shape index (κ2) is 7.89. The van der Waals surface area contributed by atoms with E-state index in [9.17, 15) is 4.79 Å². The van der Waals surface area contributed by atoms with Gasteiger partial charge in [-0.2, -0.15) is 0 Å². The summed E-state index contributed by atoms with van der Waals surface area (Å²) in [7, 11) is 0. The second-order valence-electron chi connectivity index (χ2n) is 4.81. The lowest BCUT2D eigenvalue weighted by atomic mass is 10.1. The lowest BCUT2D eigenvalue weighted by Crippen LogP contribution is -2.32. The number of carbonyl (C=O) groups excluding carboxylic acids is 1. The van der Waals surface area contributed by atoms with E-state index in [1.54, 1.807) is 24.3 Å². The number of hydrogen-bond donors (Lipinski definition) is 2. The SMILES string of the molecule is CCCCCC(C)NC(=O)c1ccc(C(N)=S)cc1. The molecule has 0 aliphatic rings. The molecule has 104 valence electrons. The van der Waals surface area contributed by atoms with Crippen LogP contribution >= 0.6 is 12.2 Å². The van der Waals surface area contributed by atoms with Crippen LogP contribution in [-0.4, -0.2) is 16.9 Å². The van der Waals surface area contributed by atoms with Crippen LogP contribution in [0.3, 0.4) is 0 Å². The molecule has 0 heterocycles. The highest BCUT2D eigenvalue weighted by Gasteiger charge is 2.09. The number of thiocarbonyl (C=S) groups is 1. The highest BCUT2D eigenvalue weighted by molar-refractivity contribution is 7.80. The van der Waals surface area contributed by atoms with Gasteiger partial charge in [-0.25, -0.2) is 0 Å². The molecule has 1 unspecified atom stereocenters. The minimum absolute atomic E-state index is 0.0431. The Morgan fingerprint density at radius 2 is 1.84 bits per heavy atom. The van der Waals surface area contributed by atoms with Gasteiger partial charge >= 0.3 is 0 Å². The van der Waals surface area contributed by atoms with Crippen molar-refractivity contribution in [3.63, 3.8) is 0 Å². The van der Waals surface area contributed by atoms with Crippen molar-refractivity contribution in [3.05, 3.63) is 35.4 Å². The molecule has 0 aliphatic carbocycles. The van der Waals surface area contributed by atoms with Gasteiger partial charge in [-0.05, 0) is 25.5 Å². The summed E-state index contributed by atoms with van der Waals surface area (Å²) in [5.74, 6) is -0.0431. The van der Waals surface area contributed by atoms with E-state index in [-0.39, 0.29) is 11.9 Å². The molecule has 1 amide bonds. The number of nitrogens with one attached hydrogen (secondary N) is 1. The Morgan fingerprint density at radius 3 is 2.37 bits per heavy atom. The number of benzene rings is 1. The molecule has 1 rings (SSSR count). The zero-order valence-corrected chi connectivity index (χ0v) is 12.4. The first-order valence-electron chi connectivity index (χ1n) is 6.75. The molecule has 1 aromatic rings. The van der Waals surface area contributed by atoms with Crippen LogP contribution in [0.15, 0.2) is 24.3 Å². The Bertz CT molecular complexity index is 428. The van der Waals surface area contributed by atoms with Gasteiger partial charge in [-0.1, -0.05) is 50.5 Å². The number of nitrogens with two attached hydrogens (primary N) is 1. The molecule has 0 saturated carbocycles. The summed E-state index contributed by atoms with van der Waals surface area (Å²) in [6.45, 7) is 4.21. The minimum atomic E-state index is -0.0431. The Labute approximate surface area is 120 Å². The van der Waals surface area contributed by atoms with E-state index >= 15 is 0 Å². The van der Waals surface area contributed by atoms with E-state index in [1.165, 1.54) is 12.8 Å². The number of carbonyl (C=O) groups is 1. The van der Waals surface area contributed by atoms with Gasteiger partial charge in [0.15, 0.2) is 0 Å². The van der Waals surface area contributed by atoms with Crippen LogP contribution in [0.1, 0.15) is 55.5 Å². The second-order valence-corrected chi connectivity index (χ2v) is 5.25. The van der Waals surface area contributed by atoms with Crippen LogP contribution in [-0.2, 0) is 0 Å². The van der Waals surface area contributed by atoms with E-state index in [0.717, 1.165) is 18.4 Å². The van der Waals surface area contributed by atoms with Crippen LogP contribution in [0.4, 0.5) is 0 Å². The molecule has 3 nitrogen and oxygen atoms in total. The van der Waals surface area contributed by atoms with E-state index in [2.05, 4.69) is 12.2 Å². The monoisotopic (exact) mass is 278 g/mol. The van der Waals surface area contributed by atoms with E-state index in [4.69, 9.17) is 18.0 Å². The van der Waals surface area contributed by atoms with Gasteiger partial charge in [0.1, 0.15) is 4.99 Å². The fourth-order valence-corrected chi connectivity index (χ4v) is 2.00. The van der Waals surface area contributed by atoms with Gasteiger partial charge in [0.25, 0.3) is 5.91 Å². The fraction of sp³-hybridized carbons (Fsp3) is 0.467. The molecule has 1 aromatic carbocycles. The van der Waals surface area contributed by atoms with E-state index < -0.39 is 0 Å². The van der Waals surface area contributed by atoms with Gasteiger partial charge in [0.05, 0.1) is 0 Å². The summed E-state index contributed by atoms with van der Waals surface area (Å²) in [5.41, 5.74) is 6.94. The van der Waals surface area contributed by atoms with Crippen LogP contribution in [0.5, 0.6) is 0 Å². The maximum Gasteiger partial charge on any atom is 0.251 e. The Hall–Kier alpha value is -1.42. The third kappa shape index (κ3) is 5.39. The third-order valence-corrected chi connectivity index (χ3v) is 3.29. The Balaban J connectivity index is 2.51. The molecule has 0 aromatic heterocycles. The van der Waals surface area contributed by atoms with E-state index in [1.807, 2.05) is 6.92 Å². The predicted molar refractivity (Wildman–Crippen MR) is 83.4 cm³/mol. The van der Waals surface area contributed by atoms with Crippen molar-refractivity contribution < 1.29 is 4.79 Å². The lowest BCUT2D eigenvalue weighted by molar-refractivity contribution is 0.0938. The normalized spacial score (nSPS) is 11.9. The molecule has 0 spiro atoms. The average Bonchev–Trinajstić information content (AvgIpc) is 2.39. The zero-order valence-electron chi connectivity index (χ0n) is 11.6. The van der Waals surface area contributed by atoms with E-state index in [0.29, 0.717) is 10.6 Å². The molecule has 0 bridgehead atoms. The van der Waals surface area contributed by atoms with Gasteiger partial charge < -0.3 is 11.1 Å². The largest absolute Gasteiger partial charge is 0.389 e. The van der Waals surface area contributed by atoms with Crippen LogP contribution in [0.2, 0.25) is 0 Å². The molecule has 0 fully saturated rings. The topological polar surface area (TPSA) is 55.1 Å². The third-order valence-electron chi connectivity index (χ3n) is 3.05. The van der Waals surface area contributed by atoms with Gasteiger partial charge in [0.2, 0.25) is 0 Å². The van der Waals surface area contributed by atoms with Crippen molar-refractivity contribution in [3.8, 4) is 0 Å². The molecule has 0 saturated heterocycles.